The third-order valence-electron chi connectivity index (χ3n) is 4.60. The zero-order chi connectivity index (χ0) is 17.8. The molecule has 0 N–H and O–H groups in total. The maximum absolute atomic E-state index is 12.6. The number of Topliss-reactive ketones (excluding diaryl/α,β-unsaturated/α-hetero) is 1. The molecule has 0 unspecified atom stereocenters. The van der Waals surface area contributed by atoms with Gasteiger partial charge in [0.05, 0.1) is 11.8 Å². The lowest BCUT2D eigenvalue weighted by Gasteiger charge is -2.32. The number of methoxy groups -OCH3 is 1. The van der Waals surface area contributed by atoms with Gasteiger partial charge < -0.3 is 9.64 Å². The average Bonchev–Trinajstić information content (AvgIpc) is 2.67. The van der Waals surface area contributed by atoms with Crippen molar-refractivity contribution in [2.45, 2.75) is 25.9 Å². The highest BCUT2D eigenvalue weighted by Crippen LogP contribution is 2.20. The number of likely N-dealkylation sites (tertiary alicyclic amines) is 1. The normalized spacial score (nSPS) is 17.4. The highest BCUT2D eigenvalue weighted by molar-refractivity contribution is 5.95. The summed E-state index contributed by atoms with van der Waals surface area (Å²) >= 11 is 0. The second kappa shape index (κ2) is 7.57. The SMILES string of the molecule is CO[C@H]1CCCN(C(=O)c2ccc(-c3ccc(C(C)=O)cn3)cc2)C1. The van der Waals surface area contributed by atoms with E-state index in [1.807, 2.05) is 35.2 Å². The van der Waals surface area contributed by atoms with Crippen LogP contribution in [0.1, 0.15) is 40.5 Å². The van der Waals surface area contributed by atoms with Gasteiger partial charge in [0, 0.05) is 43.1 Å². The van der Waals surface area contributed by atoms with Gasteiger partial charge in [-0.3, -0.25) is 14.6 Å². The summed E-state index contributed by atoms with van der Waals surface area (Å²) in [6.07, 6.45) is 3.67. The summed E-state index contributed by atoms with van der Waals surface area (Å²) in [5, 5.41) is 0. The molecule has 3 rings (SSSR count). The zero-order valence-electron chi connectivity index (χ0n) is 14.6. The molecule has 2 heterocycles. The Labute approximate surface area is 147 Å². The number of pyridine rings is 1. The van der Waals surface area contributed by atoms with Crippen molar-refractivity contribution in [3.05, 3.63) is 53.7 Å². The number of hydrogen-bond acceptors (Lipinski definition) is 4. The van der Waals surface area contributed by atoms with Crippen molar-refractivity contribution in [3.63, 3.8) is 0 Å². The lowest BCUT2D eigenvalue weighted by atomic mass is 10.0. The van der Waals surface area contributed by atoms with E-state index in [1.54, 1.807) is 19.4 Å². The Bertz CT molecular complexity index is 754. The van der Waals surface area contributed by atoms with E-state index in [4.69, 9.17) is 4.74 Å². The van der Waals surface area contributed by atoms with Crippen LogP contribution in [0.15, 0.2) is 42.6 Å². The van der Waals surface area contributed by atoms with Crippen molar-refractivity contribution >= 4 is 11.7 Å². The molecule has 1 aromatic heterocycles. The van der Waals surface area contributed by atoms with Crippen LogP contribution in [0.25, 0.3) is 11.3 Å². The first-order valence-corrected chi connectivity index (χ1v) is 8.48. The Balaban J connectivity index is 1.73. The van der Waals surface area contributed by atoms with Gasteiger partial charge in [0.2, 0.25) is 0 Å². The molecule has 0 saturated carbocycles. The van der Waals surface area contributed by atoms with Crippen LogP contribution in [0.5, 0.6) is 0 Å². The zero-order valence-corrected chi connectivity index (χ0v) is 14.6. The van der Waals surface area contributed by atoms with Gasteiger partial charge in [-0.1, -0.05) is 12.1 Å². The van der Waals surface area contributed by atoms with Crippen LogP contribution in [-0.4, -0.2) is 47.9 Å². The summed E-state index contributed by atoms with van der Waals surface area (Å²) in [6, 6.07) is 11.0. The molecule has 1 aromatic carbocycles. The van der Waals surface area contributed by atoms with Crippen LogP contribution < -0.4 is 0 Å². The number of carbonyl (C=O) groups excluding carboxylic acids is 2. The van der Waals surface area contributed by atoms with Crippen molar-refractivity contribution in [2.75, 3.05) is 20.2 Å². The average molecular weight is 338 g/mol. The smallest absolute Gasteiger partial charge is 0.253 e. The second-order valence-electron chi connectivity index (χ2n) is 6.32. The maximum Gasteiger partial charge on any atom is 0.253 e. The molecule has 1 aliphatic rings. The Morgan fingerprint density at radius 3 is 2.44 bits per heavy atom. The fourth-order valence-electron chi connectivity index (χ4n) is 3.05. The minimum absolute atomic E-state index is 0.00381. The molecule has 0 aliphatic carbocycles. The number of aromatic nitrogens is 1. The van der Waals surface area contributed by atoms with E-state index in [0.717, 1.165) is 30.6 Å². The Morgan fingerprint density at radius 1 is 1.12 bits per heavy atom. The quantitative estimate of drug-likeness (QED) is 0.803. The van der Waals surface area contributed by atoms with E-state index in [0.29, 0.717) is 17.7 Å². The molecule has 1 aliphatic heterocycles. The first kappa shape index (κ1) is 17.3. The third-order valence-corrected chi connectivity index (χ3v) is 4.60. The Morgan fingerprint density at radius 2 is 1.84 bits per heavy atom. The van der Waals surface area contributed by atoms with E-state index >= 15 is 0 Å². The molecule has 1 fully saturated rings. The van der Waals surface area contributed by atoms with Gasteiger partial charge in [0.1, 0.15) is 0 Å². The minimum atomic E-state index is -0.00381. The van der Waals surface area contributed by atoms with Crippen molar-refractivity contribution in [3.8, 4) is 11.3 Å². The van der Waals surface area contributed by atoms with E-state index < -0.39 is 0 Å². The van der Waals surface area contributed by atoms with Gasteiger partial charge in [-0.25, -0.2) is 0 Å². The van der Waals surface area contributed by atoms with E-state index in [9.17, 15) is 9.59 Å². The van der Waals surface area contributed by atoms with Gasteiger partial charge in [-0.05, 0) is 44.0 Å². The fourth-order valence-corrected chi connectivity index (χ4v) is 3.05. The van der Waals surface area contributed by atoms with Crippen LogP contribution in [0.4, 0.5) is 0 Å². The number of ether oxygens (including phenoxy) is 1. The minimum Gasteiger partial charge on any atom is -0.380 e. The van der Waals surface area contributed by atoms with Crippen molar-refractivity contribution in [1.82, 2.24) is 9.88 Å². The topological polar surface area (TPSA) is 59.5 Å². The number of benzene rings is 1. The number of rotatable bonds is 4. The standard InChI is InChI=1S/C20H22N2O3/c1-14(23)17-9-10-19(21-12-17)15-5-7-16(8-6-15)20(24)22-11-3-4-18(13-22)25-2/h5-10,12,18H,3-4,11,13H2,1-2H3/t18-/m0/s1. The number of amides is 1. The maximum atomic E-state index is 12.6. The lowest BCUT2D eigenvalue weighted by molar-refractivity contribution is 0.0269. The molecule has 25 heavy (non-hydrogen) atoms. The summed E-state index contributed by atoms with van der Waals surface area (Å²) < 4.78 is 5.38. The van der Waals surface area contributed by atoms with Crippen LogP contribution in [0, 0.1) is 0 Å². The molecule has 0 bridgehead atoms. The molecule has 1 saturated heterocycles. The molecule has 130 valence electrons. The monoisotopic (exact) mass is 338 g/mol. The van der Waals surface area contributed by atoms with Crippen molar-refractivity contribution in [2.24, 2.45) is 0 Å². The first-order chi connectivity index (χ1) is 12.1. The second-order valence-corrected chi connectivity index (χ2v) is 6.32. The fraction of sp³-hybridized carbons (Fsp3) is 0.350. The number of ketones is 1. The molecular formula is C20H22N2O3. The summed E-state index contributed by atoms with van der Waals surface area (Å²) in [6.45, 7) is 2.94. The van der Waals surface area contributed by atoms with E-state index in [-0.39, 0.29) is 17.8 Å². The Hall–Kier alpha value is -2.53. The van der Waals surface area contributed by atoms with Gasteiger partial charge in [-0.15, -0.1) is 0 Å². The predicted octanol–water partition coefficient (Wildman–Crippen LogP) is 3.20. The van der Waals surface area contributed by atoms with Crippen LogP contribution >= 0.6 is 0 Å². The summed E-state index contributed by atoms with van der Waals surface area (Å²) in [4.78, 5) is 30.1. The van der Waals surface area contributed by atoms with Gasteiger partial charge in [-0.2, -0.15) is 0 Å². The molecule has 1 amide bonds. The molecule has 0 radical (unpaired) electrons. The van der Waals surface area contributed by atoms with Gasteiger partial charge in [0.15, 0.2) is 5.78 Å². The largest absolute Gasteiger partial charge is 0.380 e. The first-order valence-electron chi connectivity index (χ1n) is 8.48. The molecule has 0 spiro atoms. The highest BCUT2D eigenvalue weighted by Gasteiger charge is 2.24. The highest BCUT2D eigenvalue weighted by atomic mass is 16.5. The Kier molecular flexibility index (Phi) is 5.24. The number of piperidine rings is 1. The van der Waals surface area contributed by atoms with Crippen LogP contribution in [0.3, 0.4) is 0 Å². The number of carbonyl (C=O) groups is 2. The number of hydrogen-bond donors (Lipinski definition) is 0. The summed E-state index contributed by atoms with van der Waals surface area (Å²) in [7, 11) is 1.69. The van der Waals surface area contributed by atoms with E-state index in [1.165, 1.54) is 6.92 Å². The molecule has 5 heteroatoms. The summed E-state index contributed by atoms with van der Waals surface area (Å²) in [5.74, 6) is 0.0316. The molecular weight excluding hydrogens is 316 g/mol. The third kappa shape index (κ3) is 3.94. The van der Waals surface area contributed by atoms with Crippen LogP contribution in [0.2, 0.25) is 0 Å². The van der Waals surface area contributed by atoms with Crippen molar-refractivity contribution < 1.29 is 14.3 Å². The summed E-state index contributed by atoms with van der Waals surface area (Å²) in [5.41, 5.74) is 2.95. The molecule has 5 nitrogen and oxygen atoms in total. The number of nitrogens with zero attached hydrogens (tertiary/aromatic N) is 2. The van der Waals surface area contributed by atoms with Gasteiger partial charge in [0.25, 0.3) is 5.91 Å². The molecule has 1 atom stereocenters. The molecule has 2 aromatic rings. The van der Waals surface area contributed by atoms with E-state index in [2.05, 4.69) is 4.98 Å². The van der Waals surface area contributed by atoms with Gasteiger partial charge >= 0.3 is 0 Å². The van der Waals surface area contributed by atoms with Crippen molar-refractivity contribution in [1.29, 1.82) is 0 Å². The lowest BCUT2D eigenvalue weighted by Crippen LogP contribution is -2.42. The van der Waals surface area contributed by atoms with Crippen LogP contribution in [-0.2, 0) is 4.74 Å². The predicted molar refractivity (Wildman–Crippen MR) is 95.6 cm³/mol.